The van der Waals surface area contributed by atoms with Crippen molar-refractivity contribution >= 4 is 5.91 Å². The standard InChI is InChI=1S/C43H83NO4/c1-3-5-7-9-11-13-15-17-19-21-23-25-27-29-31-33-35-37-41(46)43(48)40(39-45)44-42(47)38-36-34-32-30-28-26-24-22-20-18-16-14-12-10-8-6-4-2/h18,20,29,31,40-41,43,45-46,48H,3-17,19,21-28,30,32-39H2,1-2H3,(H,44,47)/b20-18-,31-29+. The monoisotopic (exact) mass is 678 g/mol. The SMILES string of the molecule is CCCCCCCC/C=C\CCCCCCCCCC(=O)NC(CO)C(O)C(O)CCC/C=C/CCCCCCCCCCCCCC. The molecule has 4 N–H and O–H groups in total. The molecule has 3 atom stereocenters. The summed E-state index contributed by atoms with van der Waals surface area (Å²) in [5.74, 6) is -0.159. The highest BCUT2D eigenvalue weighted by molar-refractivity contribution is 5.76. The highest BCUT2D eigenvalue weighted by Gasteiger charge is 2.26. The number of aliphatic hydroxyl groups is 3. The zero-order valence-corrected chi connectivity index (χ0v) is 32.1. The molecule has 0 aromatic heterocycles. The molecule has 48 heavy (non-hydrogen) atoms. The van der Waals surface area contributed by atoms with Gasteiger partial charge in [-0.2, -0.15) is 0 Å². The van der Waals surface area contributed by atoms with Gasteiger partial charge in [-0.1, -0.05) is 173 Å². The van der Waals surface area contributed by atoms with Crippen molar-refractivity contribution in [2.45, 2.75) is 238 Å². The van der Waals surface area contributed by atoms with E-state index in [9.17, 15) is 20.1 Å². The van der Waals surface area contributed by atoms with E-state index >= 15 is 0 Å². The van der Waals surface area contributed by atoms with Crippen LogP contribution < -0.4 is 5.32 Å². The Kier molecular flexibility index (Phi) is 37.7. The predicted molar refractivity (Wildman–Crippen MR) is 208 cm³/mol. The molecule has 0 radical (unpaired) electrons. The lowest BCUT2D eigenvalue weighted by Crippen LogP contribution is -2.50. The molecular weight excluding hydrogens is 594 g/mol. The second kappa shape index (κ2) is 38.6. The van der Waals surface area contributed by atoms with Crippen LogP contribution in [0.15, 0.2) is 24.3 Å². The molecule has 284 valence electrons. The van der Waals surface area contributed by atoms with Crippen LogP contribution in [0.25, 0.3) is 0 Å². The van der Waals surface area contributed by atoms with E-state index in [4.69, 9.17) is 0 Å². The number of carbonyl (C=O) groups excluding carboxylic acids is 1. The summed E-state index contributed by atoms with van der Waals surface area (Å²) in [5, 5.41) is 33.5. The van der Waals surface area contributed by atoms with Crippen LogP contribution in [0.2, 0.25) is 0 Å². The fourth-order valence-electron chi connectivity index (χ4n) is 6.45. The van der Waals surface area contributed by atoms with Crippen LogP contribution in [0.1, 0.15) is 219 Å². The first-order chi connectivity index (χ1) is 23.6. The summed E-state index contributed by atoms with van der Waals surface area (Å²) < 4.78 is 0. The maximum Gasteiger partial charge on any atom is 0.220 e. The van der Waals surface area contributed by atoms with Crippen molar-refractivity contribution in [3.8, 4) is 0 Å². The molecular formula is C43H83NO4. The molecule has 0 saturated carbocycles. The molecule has 0 aliphatic rings. The summed E-state index contributed by atoms with van der Waals surface area (Å²) >= 11 is 0. The Morgan fingerprint density at radius 3 is 1.21 bits per heavy atom. The molecule has 0 saturated heterocycles. The summed E-state index contributed by atoms with van der Waals surface area (Å²) in [4.78, 5) is 12.4. The zero-order chi connectivity index (χ0) is 35.2. The van der Waals surface area contributed by atoms with Crippen LogP contribution >= 0.6 is 0 Å². The topological polar surface area (TPSA) is 89.8 Å². The maximum atomic E-state index is 12.4. The second-order valence-corrected chi connectivity index (χ2v) is 14.5. The number of hydrogen-bond donors (Lipinski definition) is 4. The van der Waals surface area contributed by atoms with Gasteiger partial charge in [-0.15, -0.1) is 0 Å². The van der Waals surface area contributed by atoms with E-state index in [-0.39, 0.29) is 12.5 Å². The van der Waals surface area contributed by atoms with Crippen LogP contribution in [-0.4, -0.2) is 46.1 Å². The van der Waals surface area contributed by atoms with Crippen molar-refractivity contribution in [3.63, 3.8) is 0 Å². The summed E-state index contributed by atoms with van der Waals surface area (Å²) in [5.41, 5.74) is 0. The number of amides is 1. The van der Waals surface area contributed by atoms with Crippen molar-refractivity contribution in [2.24, 2.45) is 0 Å². The van der Waals surface area contributed by atoms with Crippen molar-refractivity contribution in [1.29, 1.82) is 0 Å². The average Bonchev–Trinajstić information content (AvgIpc) is 3.09. The largest absolute Gasteiger partial charge is 0.394 e. The van der Waals surface area contributed by atoms with Gasteiger partial charge in [-0.05, 0) is 64.2 Å². The van der Waals surface area contributed by atoms with Crippen LogP contribution in [0, 0.1) is 0 Å². The van der Waals surface area contributed by atoms with Gasteiger partial charge in [0.15, 0.2) is 0 Å². The number of hydrogen-bond acceptors (Lipinski definition) is 4. The van der Waals surface area contributed by atoms with Gasteiger partial charge in [0.25, 0.3) is 0 Å². The third-order valence-corrected chi connectivity index (χ3v) is 9.78. The summed E-state index contributed by atoms with van der Waals surface area (Å²) in [6, 6.07) is -0.825. The minimum Gasteiger partial charge on any atom is -0.394 e. The third-order valence-electron chi connectivity index (χ3n) is 9.78. The molecule has 0 aromatic carbocycles. The molecule has 0 fully saturated rings. The van der Waals surface area contributed by atoms with Gasteiger partial charge in [0.2, 0.25) is 5.91 Å². The van der Waals surface area contributed by atoms with E-state index in [0.29, 0.717) is 12.8 Å². The highest BCUT2D eigenvalue weighted by atomic mass is 16.3. The van der Waals surface area contributed by atoms with Crippen LogP contribution in [-0.2, 0) is 4.79 Å². The minimum atomic E-state index is -1.16. The summed E-state index contributed by atoms with van der Waals surface area (Å²) in [6.07, 6.45) is 45.6. The van der Waals surface area contributed by atoms with E-state index in [2.05, 4.69) is 43.5 Å². The quantitative estimate of drug-likeness (QED) is 0.0387. The predicted octanol–water partition coefficient (Wildman–Crippen LogP) is 11.8. The molecule has 0 bridgehead atoms. The fraction of sp³-hybridized carbons (Fsp3) is 0.884. The summed E-state index contributed by atoms with van der Waals surface area (Å²) in [6.45, 7) is 4.16. The first-order valence-electron chi connectivity index (χ1n) is 21.1. The van der Waals surface area contributed by atoms with Crippen molar-refractivity contribution in [1.82, 2.24) is 5.32 Å². The number of unbranched alkanes of at least 4 members (excludes halogenated alkanes) is 26. The molecule has 0 aliphatic carbocycles. The van der Waals surface area contributed by atoms with Crippen molar-refractivity contribution < 1.29 is 20.1 Å². The zero-order valence-electron chi connectivity index (χ0n) is 32.1. The Morgan fingerprint density at radius 2 is 0.833 bits per heavy atom. The highest BCUT2D eigenvalue weighted by Crippen LogP contribution is 2.15. The van der Waals surface area contributed by atoms with E-state index in [1.54, 1.807) is 0 Å². The second-order valence-electron chi connectivity index (χ2n) is 14.5. The van der Waals surface area contributed by atoms with Crippen molar-refractivity contribution in [2.75, 3.05) is 6.61 Å². The lowest BCUT2D eigenvalue weighted by Gasteiger charge is -2.26. The molecule has 5 nitrogen and oxygen atoms in total. The molecule has 3 unspecified atom stereocenters. The molecule has 0 rings (SSSR count). The number of carbonyl (C=O) groups is 1. The van der Waals surface area contributed by atoms with E-state index in [1.165, 1.54) is 154 Å². The average molecular weight is 678 g/mol. The van der Waals surface area contributed by atoms with Gasteiger partial charge in [-0.25, -0.2) is 0 Å². The molecule has 1 amide bonds. The molecule has 5 heteroatoms. The van der Waals surface area contributed by atoms with Gasteiger partial charge in [0, 0.05) is 6.42 Å². The van der Waals surface area contributed by atoms with Crippen LogP contribution in [0.4, 0.5) is 0 Å². The Bertz CT molecular complexity index is 709. The van der Waals surface area contributed by atoms with Crippen LogP contribution in [0.3, 0.4) is 0 Å². The third kappa shape index (κ3) is 33.3. The van der Waals surface area contributed by atoms with Gasteiger partial charge in [-0.3, -0.25) is 4.79 Å². The smallest absolute Gasteiger partial charge is 0.220 e. The fourth-order valence-corrected chi connectivity index (χ4v) is 6.45. The Balaban J connectivity index is 3.69. The summed E-state index contributed by atoms with van der Waals surface area (Å²) in [7, 11) is 0. The molecule has 0 aromatic rings. The van der Waals surface area contributed by atoms with E-state index in [1.807, 2.05) is 0 Å². The van der Waals surface area contributed by atoms with Gasteiger partial charge < -0.3 is 20.6 Å². The molecule has 0 heterocycles. The van der Waals surface area contributed by atoms with Gasteiger partial charge >= 0.3 is 0 Å². The number of rotatable bonds is 38. The van der Waals surface area contributed by atoms with E-state index < -0.39 is 18.2 Å². The number of allylic oxidation sites excluding steroid dienone is 4. The Hall–Kier alpha value is -1.17. The number of aliphatic hydroxyl groups excluding tert-OH is 3. The van der Waals surface area contributed by atoms with Crippen molar-refractivity contribution in [3.05, 3.63) is 24.3 Å². The first-order valence-corrected chi connectivity index (χ1v) is 21.1. The maximum absolute atomic E-state index is 12.4. The number of nitrogens with one attached hydrogen (secondary N) is 1. The molecule has 0 aliphatic heterocycles. The first kappa shape index (κ1) is 46.8. The lowest BCUT2D eigenvalue weighted by atomic mass is 10.0. The Morgan fingerprint density at radius 1 is 0.500 bits per heavy atom. The van der Waals surface area contributed by atoms with Gasteiger partial charge in [0.05, 0.1) is 18.8 Å². The molecule has 0 spiro atoms. The van der Waals surface area contributed by atoms with Gasteiger partial charge in [0.1, 0.15) is 6.10 Å². The van der Waals surface area contributed by atoms with E-state index in [0.717, 1.165) is 38.5 Å². The Labute approximate surface area is 299 Å². The minimum absolute atomic E-state index is 0.159. The lowest BCUT2D eigenvalue weighted by molar-refractivity contribution is -0.124. The normalized spacial score (nSPS) is 13.9. The van der Waals surface area contributed by atoms with Crippen LogP contribution in [0.5, 0.6) is 0 Å².